The van der Waals surface area contributed by atoms with Gasteiger partial charge in [-0.3, -0.25) is 19.1 Å². The van der Waals surface area contributed by atoms with Gasteiger partial charge in [-0.05, 0) is 24.1 Å². The normalized spacial score (nSPS) is 11.5. The minimum atomic E-state index is -4.49. The molecule has 0 saturated heterocycles. The largest absolute Gasteiger partial charge is 0.468 e. The molecule has 3 heterocycles. The second-order valence-corrected chi connectivity index (χ2v) is 6.59. The Kier molecular flexibility index (Phi) is 6.37. The van der Waals surface area contributed by atoms with E-state index in [2.05, 4.69) is 25.0 Å². The van der Waals surface area contributed by atoms with Gasteiger partial charge >= 0.3 is 11.9 Å². The van der Waals surface area contributed by atoms with Gasteiger partial charge in [0.1, 0.15) is 5.65 Å². The standard InChI is InChI=1S/C19H18F3N5O4/c1-2-5-27-15-13(17(29)26-18(27)30)7-12(9-24-15)16(28)25-8-11-3-4-23-14(6-11)31-10-19(20,21)22/h3-4,6-7,9H,2,5,8,10H2,1H3,(H,25,28)(H,26,29,30). The number of hydrogen-bond acceptors (Lipinski definition) is 6. The van der Waals surface area contributed by atoms with E-state index >= 15 is 0 Å². The first-order valence-electron chi connectivity index (χ1n) is 9.23. The second-order valence-electron chi connectivity index (χ2n) is 6.59. The number of carbonyl (C=O) groups is 1. The molecule has 0 unspecified atom stereocenters. The van der Waals surface area contributed by atoms with Crippen molar-refractivity contribution in [2.45, 2.75) is 32.6 Å². The summed E-state index contributed by atoms with van der Waals surface area (Å²) >= 11 is 0. The number of fused-ring (bicyclic) bond motifs is 1. The third-order valence-electron chi connectivity index (χ3n) is 4.18. The van der Waals surface area contributed by atoms with Crippen LogP contribution in [0.1, 0.15) is 29.3 Å². The number of ether oxygens (including phenoxy) is 1. The monoisotopic (exact) mass is 437 g/mol. The van der Waals surface area contributed by atoms with Gasteiger partial charge in [0.2, 0.25) is 5.88 Å². The first-order chi connectivity index (χ1) is 14.7. The molecule has 0 bridgehead atoms. The van der Waals surface area contributed by atoms with E-state index in [9.17, 15) is 27.6 Å². The Morgan fingerprint density at radius 1 is 1.26 bits per heavy atom. The number of pyridine rings is 2. The first-order valence-corrected chi connectivity index (χ1v) is 9.23. The molecule has 9 nitrogen and oxygen atoms in total. The topological polar surface area (TPSA) is 119 Å². The summed E-state index contributed by atoms with van der Waals surface area (Å²) in [5.74, 6) is -0.784. The summed E-state index contributed by atoms with van der Waals surface area (Å²) in [6.45, 7) is 0.721. The Morgan fingerprint density at radius 2 is 2.03 bits per heavy atom. The molecule has 0 aliphatic heterocycles. The number of H-pyrrole nitrogens is 1. The zero-order valence-electron chi connectivity index (χ0n) is 16.3. The van der Waals surface area contributed by atoms with Crippen molar-refractivity contribution in [1.29, 1.82) is 0 Å². The van der Waals surface area contributed by atoms with Crippen molar-refractivity contribution in [2.24, 2.45) is 0 Å². The van der Waals surface area contributed by atoms with Crippen LogP contribution in [-0.4, -0.2) is 38.2 Å². The molecule has 0 aliphatic carbocycles. The Hall–Kier alpha value is -3.70. The maximum absolute atomic E-state index is 12.5. The lowest BCUT2D eigenvalue weighted by Crippen LogP contribution is -2.31. The van der Waals surface area contributed by atoms with Gasteiger partial charge in [-0.1, -0.05) is 6.92 Å². The Balaban J connectivity index is 1.75. The average Bonchev–Trinajstić information content (AvgIpc) is 2.73. The molecule has 0 radical (unpaired) electrons. The molecule has 3 aromatic heterocycles. The summed E-state index contributed by atoms with van der Waals surface area (Å²) in [6.07, 6.45) is -1.34. The molecule has 31 heavy (non-hydrogen) atoms. The summed E-state index contributed by atoms with van der Waals surface area (Å²) in [7, 11) is 0. The summed E-state index contributed by atoms with van der Waals surface area (Å²) in [5, 5.41) is 2.68. The third kappa shape index (κ3) is 5.47. The number of hydrogen-bond donors (Lipinski definition) is 2. The van der Waals surface area contributed by atoms with E-state index in [0.29, 0.717) is 18.5 Å². The molecule has 0 spiro atoms. The number of nitrogens with zero attached hydrogens (tertiary/aromatic N) is 3. The molecule has 1 amide bonds. The van der Waals surface area contributed by atoms with Gasteiger partial charge in [-0.25, -0.2) is 14.8 Å². The quantitative estimate of drug-likeness (QED) is 0.582. The van der Waals surface area contributed by atoms with Crippen LogP contribution in [0, 0.1) is 0 Å². The van der Waals surface area contributed by atoms with Crippen LogP contribution in [-0.2, 0) is 13.1 Å². The highest BCUT2D eigenvalue weighted by molar-refractivity contribution is 5.96. The van der Waals surface area contributed by atoms with E-state index in [-0.39, 0.29) is 29.0 Å². The summed E-state index contributed by atoms with van der Waals surface area (Å²) < 4.78 is 42.7. The zero-order chi connectivity index (χ0) is 22.6. The predicted octanol–water partition coefficient (Wildman–Crippen LogP) is 1.76. The summed E-state index contributed by atoms with van der Waals surface area (Å²) in [5.41, 5.74) is -0.515. The number of aromatic nitrogens is 4. The van der Waals surface area contributed by atoms with Gasteiger partial charge in [0.15, 0.2) is 6.61 Å². The summed E-state index contributed by atoms with van der Waals surface area (Å²) in [6, 6.07) is 4.11. The molecule has 0 fully saturated rings. The maximum atomic E-state index is 12.5. The van der Waals surface area contributed by atoms with E-state index in [1.165, 1.54) is 35.2 Å². The predicted molar refractivity (Wildman–Crippen MR) is 104 cm³/mol. The van der Waals surface area contributed by atoms with Crippen molar-refractivity contribution >= 4 is 16.9 Å². The third-order valence-corrected chi connectivity index (χ3v) is 4.18. The SMILES string of the molecule is CCCn1c(=O)[nH]c(=O)c2cc(C(=O)NCc3ccnc(OCC(F)(F)F)c3)cnc21. The number of aromatic amines is 1. The average molecular weight is 437 g/mol. The van der Waals surface area contributed by atoms with Gasteiger partial charge in [0, 0.05) is 31.5 Å². The van der Waals surface area contributed by atoms with Crippen LogP contribution in [0.3, 0.4) is 0 Å². The van der Waals surface area contributed by atoms with Crippen molar-refractivity contribution in [3.63, 3.8) is 0 Å². The second kappa shape index (κ2) is 8.98. The van der Waals surface area contributed by atoms with E-state index in [1.54, 1.807) is 0 Å². The molecule has 0 aromatic carbocycles. The first kappa shape index (κ1) is 22.0. The zero-order valence-corrected chi connectivity index (χ0v) is 16.3. The smallest absolute Gasteiger partial charge is 0.422 e. The molecule has 3 aromatic rings. The highest BCUT2D eigenvalue weighted by Crippen LogP contribution is 2.17. The Bertz CT molecular complexity index is 1220. The van der Waals surface area contributed by atoms with Gasteiger partial charge in [0.05, 0.1) is 10.9 Å². The minimum absolute atomic E-state index is 0.0204. The van der Waals surface area contributed by atoms with Crippen LogP contribution in [0.2, 0.25) is 0 Å². The van der Waals surface area contributed by atoms with Crippen molar-refractivity contribution in [3.8, 4) is 5.88 Å². The Labute approximate surface area is 172 Å². The number of rotatable bonds is 7. The van der Waals surface area contributed by atoms with Crippen LogP contribution < -0.4 is 21.3 Å². The van der Waals surface area contributed by atoms with Crippen molar-refractivity contribution in [2.75, 3.05) is 6.61 Å². The molecular formula is C19H18F3N5O4. The van der Waals surface area contributed by atoms with E-state index in [4.69, 9.17) is 0 Å². The van der Waals surface area contributed by atoms with Crippen LogP contribution in [0.15, 0.2) is 40.2 Å². The molecule has 0 aliphatic rings. The fourth-order valence-electron chi connectivity index (χ4n) is 2.80. The van der Waals surface area contributed by atoms with Crippen molar-refractivity contribution in [3.05, 3.63) is 62.6 Å². The molecule has 2 N–H and O–H groups in total. The number of carbonyl (C=O) groups excluding carboxylic acids is 1. The van der Waals surface area contributed by atoms with Crippen LogP contribution in [0.4, 0.5) is 13.2 Å². The highest BCUT2D eigenvalue weighted by atomic mass is 19.4. The van der Waals surface area contributed by atoms with Gasteiger partial charge in [-0.2, -0.15) is 13.2 Å². The van der Waals surface area contributed by atoms with Crippen molar-refractivity contribution in [1.82, 2.24) is 24.8 Å². The van der Waals surface area contributed by atoms with Crippen LogP contribution in [0.5, 0.6) is 5.88 Å². The number of alkyl halides is 3. The van der Waals surface area contributed by atoms with Gasteiger partial charge < -0.3 is 10.1 Å². The number of aryl methyl sites for hydroxylation is 1. The highest BCUT2D eigenvalue weighted by Gasteiger charge is 2.28. The summed E-state index contributed by atoms with van der Waals surface area (Å²) in [4.78, 5) is 46.6. The van der Waals surface area contributed by atoms with E-state index in [1.807, 2.05) is 6.92 Å². The minimum Gasteiger partial charge on any atom is -0.468 e. The van der Waals surface area contributed by atoms with Gasteiger partial charge in [0.25, 0.3) is 11.5 Å². The fourth-order valence-corrected chi connectivity index (χ4v) is 2.80. The lowest BCUT2D eigenvalue weighted by Gasteiger charge is -2.10. The number of nitrogens with one attached hydrogen (secondary N) is 2. The van der Waals surface area contributed by atoms with Crippen molar-refractivity contribution < 1.29 is 22.7 Å². The van der Waals surface area contributed by atoms with Crippen LogP contribution in [0.25, 0.3) is 11.0 Å². The molecule has 164 valence electrons. The maximum Gasteiger partial charge on any atom is 0.422 e. The fraction of sp³-hybridized carbons (Fsp3) is 0.316. The molecular weight excluding hydrogens is 419 g/mol. The number of halogens is 3. The van der Waals surface area contributed by atoms with E-state index < -0.39 is 29.9 Å². The Morgan fingerprint density at radius 3 is 2.74 bits per heavy atom. The lowest BCUT2D eigenvalue weighted by atomic mass is 10.2. The van der Waals surface area contributed by atoms with E-state index in [0.717, 1.165) is 0 Å². The molecule has 0 atom stereocenters. The number of amides is 1. The molecule has 0 saturated carbocycles. The molecule has 3 rings (SSSR count). The lowest BCUT2D eigenvalue weighted by molar-refractivity contribution is -0.154. The van der Waals surface area contributed by atoms with Gasteiger partial charge in [-0.15, -0.1) is 0 Å². The van der Waals surface area contributed by atoms with Crippen LogP contribution >= 0.6 is 0 Å². The molecule has 12 heteroatoms.